The first-order valence-electron chi connectivity index (χ1n) is 7.68. The van der Waals surface area contributed by atoms with Crippen molar-refractivity contribution in [2.45, 2.75) is 12.6 Å². The third kappa shape index (κ3) is 4.34. The van der Waals surface area contributed by atoms with Crippen LogP contribution in [-0.2, 0) is 16.1 Å². The van der Waals surface area contributed by atoms with Gasteiger partial charge in [-0.15, -0.1) is 22.7 Å². The fourth-order valence-corrected chi connectivity index (χ4v) is 3.97. The van der Waals surface area contributed by atoms with Crippen LogP contribution in [0.25, 0.3) is 0 Å². The van der Waals surface area contributed by atoms with Gasteiger partial charge in [0.15, 0.2) is 0 Å². The lowest BCUT2D eigenvalue weighted by Gasteiger charge is -2.07. The molecule has 0 aliphatic rings. The number of thiophene rings is 2. The number of anilines is 1. The molecule has 1 aromatic carbocycles. The quantitative estimate of drug-likeness (QED) is 0.585. The van der Waals surface area contributed by atoms with Crippen LogP contribution in [0.2, 0.25) is 0 Å². The minimum atomic E-state index is -0.939. The summed E-state index contributed by atoms with van der Waals surface area (Å²) in [4.78, 5) is 26.1. The molecule has 0 aliphatic carbocycles. The third-order valence-corrected chi connectivity index (χ3v) is 5.58. The molecule has 26 heavy (non-hydrogen) atoms. The Bertz CT molecular complexity index is 909. The molecule has 2 aromatic heterocycles. The summed E-state index contributed by atoms with van der Waals surface area (Å²) in [5.41, 5.74) is -0.0508. The highest BCUT2D eigenvalue weighted by Gasteiger charge is 2.17. The molecule has 0 unspecified atom stereocenters. The standard InChI is InChI=1S/C18H15FN2O3S2/c19-12-4-1-2-5-13(12)21-18(24)17(23)20-10-11-7-8-15(26-11)16(22)14-6-3-9-25-14/h1-9,16,22H,10H2,(H,20,23)(H,21,24)/t16-/m0/s1. The number of hydrogen-bond donors (Lipinski definition) is 3. The van der Waals surface area contributed by atoms with Crippen molar-refractivity contribution >= 4 is 40.2 Å². The largest absolute Gasteiger partial charge is 0.382 e. The maximum absolute atomic E-state index is 13.5. The predicted octanol–water partition coefficient (Wildman–Crippen LogP) is 3.29. The van der Waals surface area contributed by atoms with E-state index < -0.39 is 23.7 Å². The van der Waals surface area contributed by atoms with Gasteiger partial charge in [0.25, 0.3) is 0 Å². The van der Waals surface area contributed by atoms with E-state index in [0.29, 0.717) is 0 Å². The van der Waals surface area contributed by atoms with E-state index in [2.05, 4.69) is 10.6 Å². The molecule has 8 heteroatoms. The molecule has 0 spiro atoms. The molecule has 0 saturated carbocycles. The number of rotatable bonds is 5. The van der Waals surface area contributed by atoms with Gasteiger partial charge in [0.1, 0.15) is 11.9 Å². The molecule has 2 heterocycles. The molecular formula is C18H15FN2O3S2. The fraction of sp³-hybridized carbons (Fsp3) is 0.111. The van der Waals surface area contributed by atoms with E-state index in [4.69, 9.17) is 0 Å². The Morgan fingerprint density at radius 3 is 2.58 bits per heavy atom. The number of aliphatic hydroxyl groups is 1. The summed E-state index contributed by atoms with van der Waals surface area (Å²) in [6.45, 7) is 0.144. The van der Waals surface area contributed by atoms with Crippen LogP contribution in [0, 0.1) is 5.82 Å². The SMILES string of the molecule is O=C(NCc1ccc([C@@H](O)c2cccs2)s1)C(=O)Nc1ccccc1F. The van der Waals surface area contributed by atoms with E-state index >= 15 is 0 Å². The lowest BCUT2D eigenvalue weighted by atomic mass is 10.2. The summed E-state index contributed by atoms with van der Waals surface area (Å²) in [7, 11) is 0. The van der Waals surface area contributed by atoms with Gasteiger partial charge in [-0.05, 0) is 35.7 Å². The minimum Gasteiger partial charge on any atom is -0.382 e. The molecule has 0 fully saturated rings. The maximum atomic E-state index is 13.5. The van der Waals surface area contributed by atoms with E-state index in [1.807, 2.05) is 17.5 Å². The molecule has 0 aliphatic heterocycles. The molecule has 3 rings (SSSR count). The summed E-state index contributed by atoms with van der Waals surface area (Å²) in [6.07, 6.45) is -0.700. The first-order valence-corrected chi connectivity index (χ1v) is 9.38. The smallest absolute Gasteiger partial charge is 0.313 e. The molecule has 2 amide bonds. The second-order valence-electron chi connectivity index (χ2n) is 5.34. The summed E-state index contributed by atoms with van der Waals surface area (Å²) < 4.78 is 13.5. The van der Waals surface area contributed by atoms with Crippen molar-refractivity contribution in [1.82, 2.24) is 5.32 Å². The Labute approximate surface area is 157 Å². The molecule has 1 atom stereocenters. The highest BCUT2D eigenvalue weighted by Crippen LogP contribution is 2.30. The zero-order valence-electron chi connectivity index (χ0n) is 13.4. The summed E-state index contributed by atoms with van der Waals surface area (Å²) in [5.74, 6) is -2.41. The van der Waals surface area contributed by atoms with Crippen molar-refractivity contribution in [2.75, 3.05) is 5.32 Å². The second kappa shape index (κ2) is 8.22. The molecule has 0 saturated heterocycles. The first kappa shape index (κ1) is 18.2. The van der Waals surface area contributed by atoms with Crippen LogP contribution in [0.5, 0.6) is 0 Å². The Morgan fingerprint density at radius 1 is 1.04 bits per heavy atom. The number of amides is 2. The van der Waals surface area contributed by atoms with Crippen LogP contribution in [0.1, 0.15) is 20.7 Å². The van der Waals surface area contributed by atoms with Gasteiger partial charge in [-0.3, -0.25) is 9.59 Å². The Morgan fingerprint density at radius 2 is 1.85 bits per heavy atom. The van der Waals surface area contributed by atoms with Gasteiger partial charge in [0.2, 0.25) is 0 Å². The van der Waals surface area contributed by atoms with Crippen molar-refractivity contribution in [1.29, 1.82) is 0 Å². The molecule has 3 aromatic rings. The van der Waals surface area contributed by atoms with Gasteiger partial charge in [0, 0.05) is 14.6 Å². The van der Waals surface area contributed by atoms with Crippen LogP contribution < -0.4 is 10.6 Å². The first-order chi connectivity index (χ1) is 12.5. The lowest BCUT2D eigenvalue weighted by molar-refractivity contribution is -0.136. The number of benzene rings is 1. The minimum absolute atomic E-state index is 0.0508. The van der Waals surface area contributed by atoms with Gasteiger partial charge in [-0.2, -0.15) is 0 Å². The third-order valence-electron chi connectivity index (χ3n) is 3.52. The number of hydrogen-bond acceptors (Lipinski definition) is 5. The number of para-hydroxylation sites is 1. The van der Waals surface area contributed by atoms with E-state index in [1.54, 1.807) is 18.2 Å². The van der Waals surface area contributed by atoms with Crippen LogP contribution >= 0.6 is 22.7 Å². The average Bonchev–Trinajstić information content (AvgIpc) is 3.33. The summed E-state index contributed by atoms with van der Waals surface area (Å²) >= 11 is 2.81. The van der Waals surface area contributed by atoms with Crippen molar-refractivity contribution in [2.24, 2.45) is 0 Å². The molecule has 3 N–H and O–H groups in total. The Hall–Kier alpha value is -2.55. The second-order valence-corrected chi connectivity index (χ2v) is 7.52. The van der Waals surface area contributed by atoms with Gasteiger partial charge < -0.3 is 15.7 Å². The van der Waals surface area contributed by atoms with Crippen molar-refractivity contribution in [3.05, 3.63) is 74.4 Å². The highest BCUT2D eigenvalue weighted by atomic mass is 32.1. The molecule has 5 nitrogen and oxygen atoms in total. The molecular weight excluding hydrogens is 375 g/mol. The van der Waals surface area contributed by atoms with Gasteiger partial charge >= 0.3 is 11.8 Å². The molecule has 134 valence electrons. The zero-order valence-corrected chi connectivity index (χ0v) is 15.1. The monoisotopic (exact) mass is 390 g/mol. The summed E-state index contributed by atoms with van der Waals surface area (Å²) in [6, 6.07) is 12.9. The predicted molar refractivity (Wildman–Crippen MR) is 99.6 cm³/mol. The van der Waals surface area contributed by atoms with Gasteiger partial charge in [-0.25, -0.2) is 4.39 Å². The molecule has 0 radical (unpaired) electrons. The van der Waals surface area contributed by atoms with Crippen molar-refractivity contribution < 1.29 is 19.1 Å². The van der Waals surface area contributed by atoms with Crippen LogP contribution in [-0.4, -0.2) is 16.9 Å². The topological polar surface area (TPSA) is 78.4 Å². The van der Waals surface area contributed by atoms with Crippen LogP contribution in [0.3, 0.4) is 0 Å². The summed E-state index contributed by atoms with van der Waals surface area (Å²) in [5, 5.41) is 16.9. The van der Waals surface area contributed by atoms with Crippen molar-refractivity contribution in [3.8, 4) is 0 Å². The van der Waals surface area contributed by atoms with Crippen LogP contribution in [0.15, 0.2) is 53.9 Å². The van der Waals surface area contributed by atoms with E-state index in [1.165, 1.54) is 40.9 Å². The van der Waals surface area contributed by atoms with Gasteiger partial charge in [0.05, 0.1) is 12.2 Å². The van der Waals surface area contributed by atoms with Gasteiger partial charge in [-0.1, -0.05) is 18.2 Å². The number of carbonyl (C=O) groups is 2. The Kier molecular flexibility index (Phi) is 5.77. The molecule has 0 bridgehead atoms. The number of carbonyl (C=O) groups excluding carboxylic acids is 2. The van der Waals surface area contributed by atoms with Crippen molar-refractivity contribution in [3.63, 3.8) is 0 Å². The Balaban J connectivity index is 1.55. The number of nitrogens with one attached hydrogen (secondary N) is 2. The van der Waals surface area contributed by atoms with E-state index in [0.717, 1.165) is 14.6 Å². The average molecular weight is 390 g/mol. The fourth-order valence-electron chi connectivity index (χ4n) is 2.21. The lowest BCUT2D eigenvalue weighted by Crippen LogP contribution is -2.35. The van der Waals surface area contributed by atoms with Crippen LogP contribution in [0.4, 0.5) is 10.1 Å². The number of aliphatic hydroxyl groups excluding tert-OH is 1. The number of halogens is 1. The van der Waals surface area contributed by atoms with E-state index in [-0.39, 0.29) is 12.2 Å². The highest BCUT2D eigenvalue weighted by molar-refractivity contribution is 7.12. The maximum Gasteiger partial charge on any atom is 0.313 e. The van der Waals surface area contributed by atoms with E-state index in [9.17, 15) is 19.1 Å². The normalized spacial score (nSPS) is 11.8. The zero-order chi connectivity index (χ0) is 18.5.